The average molecular weight is 395 g/mol. The van der Waals surface area contributed by atoms with E-state index < -0.39 is 11.8 Å². The number of aliphatic hydroxyl groups excluding tert-OH is 1. The summed E-state index contributed by atoms with van der Waals surface area (Å²) in [5.74, 6) is -0.392. The molecule has 2 aliphatic heterocycles. The first-order valence-electron chi connectivity index (χ1n) is 9.95. The highest BCUT2D eigenvalue weighted by atomic mass is 19.1. The van der Waals surface area contributed by atoms with Gasteiger partial charge in [0.15, 0.2) is 0 Å². The second-order valence-corrected chi connectivity index (χ2v) is 7.94. The molecule has 2 N–H and O–H groups in total. The fraction of sp³-hybridized carbons (Fsp3) is 0.364. The van der Waals surface area contributed by atoms with E-state index in [-0.39, 0.29) is 42.1 Å². The lowest BCUT2D eigenvalue weighted by Gasteiger charge is -2.59. The summed E-state index contributed by atoms with van der Waals surface area (Å²) >= 11 is 0. The summed E-state index contributed by atoms with van der Waals surface area (Å²) in [5.41, 5.74) is 1.79. The lowest BCUT2D eigenvalue weighted by atomic mass is 9.71. The standard InChI is InChI=1S/C22H22FN3O3/c23-15-6-2-3-7-16(15)24-22(29)25-11-18-20(14-5-1-4-8-17(14)25)19(12-27)26(18)21(28)13-9-10-13/h1-8,13,18-20,27H,9-12H2,(H,24,29)/t18-,19+,20+/m1/s1. The maximum Gasteiger partial charge on any atom is 0.326 e. The molecule has 2 fully saturated rings. The zero-order chi connectivity index (χ0) is 20.1. The highest BCUT2D eigenvalue weighted by Gasteiger charge is 2.57. The van der Waals surface area contributed by atoms with Crippen molar-refractivity contribution >= 4 is 23.3 Å². The summed E-state index contributed by atoms with van der Waals surface area (Å²) in [7, 11) is 0. The molecular weight excluding hydrogens is 373 g/mol. The predicted octanol–water partition coefficient (Wildman–Crippen LogP) is 2.94. The number of aliphatic hydroxyl groups is 1. The van der Waals surface area contributed by atoms with Crippen LogP contribution in [0.4, 0.5) is 20.6 Å². The Kier molecular flexibility index (Phi) is 4.28. The van der Waals surface area contributed by atoms with E-state index in [0.29, 0.717) is 6.54 Å². The Hall–Kier alpha value is -2.93. The van der Waals surface area contributed by atoms with Crippen LogP contribution in [-0.2, 0) is 4.79 Å². The number of halogens is 1. The van der Waals surface area contributed by atoms with E-state index in [1.165, 1.54) is 12.1 Å². The van der Waals surface area contributed by atoms with Gasteiger partial charge in [0.2, 0.25) is 5.91 Å². The number of likely N-dealkylation sites (tertiary alicyclic amines) is 1. The zero-order valence-electron chi connectivity index (χ0n) is 15.8. The SMILES string of the molecule is O=C(Nc1ccccc1F)N1C[C@@H]2[C@H](c3ccccc31)[C@H](CO)N2C(=O)C1CC1. The molecule has 2 aromatic rings. The van der Waals surface area contributed by atoms with Crippen molar-refractivity contribution in [2.45, 2.75) is 30.8 Å². The summed E-state index contributed by atoms with van der Waals surface area (Å²) in [5, 5.41) is 12.6. The number of fused-ring (bicyclic) bond motifs is 3. The summed E-state index contributed by atoms with van der Waals surface area (Å²) in [6.45, 7) is 0.215. The van der Waals surface area contributed by atoms with Crippen molar-refractivity contribution in [2.24, 2.45) is 5.92 Å². The number of carbonyl (C=O) groups is 2. The highest BCUT2D eigenvalue weighted by Crippen LogP contribution is 2.50. The van der Waals surface area contributed by atoms with Crippen molar-refractivity contribution in [3.63, 3.8) is 0 Å². The van der Waals surface area contributed by atoms with E-state index in [1.54, 1.807) is 21.9 Å². The third kappa shape index (κ3) is 2.88. The molecule has 3 aliphatic rings. The number of nitrogens with one attached hydrogen (secondary N) is 1. The number of hydrogen-bond donors (Lipinski definition) is 2. The van der Waals surface area contributed by atoms with Crippen molar-refractivity contribution in [1.29, 1.82) is 0 Å². The van der Waals surface area contributed by atoms with E-state index >= 15 is 0 Å². The van der Waals surface area contributed by atoms with E-state index in [4.69, 9.17) is 0 Å². The van der Waals surface area contributed by atoms with Gasteiger partial charge in [-0.15, -0.1) is 0 Å². The van der Waals surface area contributed by atoms with Crippen LogP contribution < -0.4 is 10.2 Å². The summed E-state index contributed by atoms with van der Waals surface area (Å²) < 4.78 is 14.0. The number of nitrogens with zero attached hydrogens (tertiary/aromatic N) is 2. The fourth-order valence-electron chi connectivity index (χ4n) is 4.67. The number of rotatable bonds is 3. The smallest absolute Gasteiger partial charge is 0.326 e. The molecule has 29 heavy (non-hydrogen) atoms. The molecule has 7 heteroatoms. The monoisotopic (exact) mass is 395 g/mol. The summed E-state index contributed by atoms with van der Waals surface area (Å²) in [4.78, 5) is 29.1. The quantitative estimate of drug-likeness (QED) is 0.839. The number of hydrogen-bond acceptors (Lipinski definition) is 3. The minimum atomic E-state index is -0.501. The first-order valence-corrected chi connectivity index (χ1v) is 9.95. The minimum absolute atomic E-state index is 0.00332. The van der Waals surface area contributed by atoms with Crippen LogP contribution in [0.3, 0.4) is 0 Å². The van der Waals surface area contributed by atoms with Gasteiger partial charge in [-0.2, -0.15) is 0 Å². The van der Waals surface area contributed by atoms with Gasteiger partial charge in [0, 0.05) is 24.1 Å². The van der Waals surface area contributed by atoms with E-state index in [0.717, 1.165) is 24.1 Å². The molecule has 0 bridgehead atoms. The molecule has 0 radical (unpaired) electrons. The van der Waals surface area contributed by atoms with Gasteiger partial charge in [0.25, 0.3) is 0 Å². The number of para-hydroxylation sites is 2. The van der Waals surface area contributed by atoms with E-state index in [1.807, 2.05) is 24.3 Å². The van der Waals surface area contributed by atoms with Gasteiger partial charge in [-0.05, 0) is 36.6 Å². The Balaban J connectivity index is 1.47. The molecule has 1 saturated carbocycles. The van der Waals surface area contributed by atoms with Gasteiger partial charge in [-0.3, -0.25) is 9.69 Å². The van der Waals surface area contributed by atoms with Gasteiger partial charge in [0.1, 0.15) is 5.82 Å². The van der Waals surface area contributed by atoms with Crippen LogP contribution in [0, 0.1) is 11.7 Å². The van der Waals surface area contributed by atoms with Crippen molar-refractivity contribution < 1.29 is 19.1 Å². The molecule has 2 aromatic carbocycles. The van der Waals surface area contributed by atoms with Crippen LogP contribution in [0.1, 0.15) is 24.3 Å². The molecule has 1 aliphatic carbocycles. The topological polar surface area (TPSA) is 72.9 Å². The normalized spacial score (nSPS) is 25.0. The zero-order valence-corrected chi connectivity index (χ0v) is 15.8. The van der Waals surface area contributed by atoms with E-state index in [9.17, 15) is 19.1 Å². The number of anilines is 2. The van der Waals surface area contributed by atoms with Crippen molar-refractivity contribution in [3.05, 3.63) is 59.9 Å². The third-order valence-corrected chi connectivity index (χ3v) is 6.23. The molecular formula is C22H22FN3O3. The van der Waals surface area contributed by atoms with Gasteiger partial charge >= 0.3 is 6.03 Å². The number of carbonyl (C=O) groups excluding carboxylic acids is 2. The van der Waals surface area contributed by atoms with Crippen molar-refractivity contribution in [1.82, 2.24) is 4.90 Å². The Bertz CT molecular complexity index is 977. The van der Waals surface area contributed by atoms with Crippen molar-refractivity contribution in [2.75, 3.05) is 23.4 Å². The second kappa shape index (κ2) is 6.84. The van der Waals surface area contributed by atoms with Crippen molar-refractivity contribution in [3.8, 4) is 0 Å². The molecule has 2 heterocycles. The minimum Gasteiger partial charge on any atom is -0.394 e. The molecule has 5 rings (SSSR count). The maximum absolute atomic E-state index is 14.0. The molecule has 3 atom stereocenters. The highest BCUT2D eigenvalue weighted by molar-refractivity contribution is 6.03. The van der Waals surface area contributed by atoms with Gasteiger partial charge in [-0.1, -0.05) is 30.3 Å². The lowest BCUT2D eigenvalue weighted by Crippen LogP contribution is -2.71. The van der Waals surface area contributed by atoms with Crippen LogP contribution >= 0.6 is 0 Å². The Morgan fingerprint density at radius 1 is 1.10 bits per heavy atom. The van der Waals surface area contributed by atoms with Crippen LogP contribution in [0.15, 0.2) is 48.5 Å². The Labute approximate surface area is 167 Å². The summed E-state index contributed by atoms with van der Waals surface area (Å²) in [6, 6.07) is 12.7. The molecule has 150 valence electrons. The van der Waals surface area contributed by atoms with E-state index in [2.05, 4.69) is 5.32 Å². The molecule has 1 saturated heterocycles. The van der Waals surface area contributed by atoms with Crippen LogP contribution in [0.25, 0.3) is 0 Å². The van der Waals surface area contributed by atoms with Gasteiger partial charge < -0.3 is 15.3 Å². The maximum atomic E-state index is 14.0. The van der Waals surface area contributed by atoms with Gasteiger partial charge in [-0.25, -0.2) is 9.18 Å². The lowest BCUT2D eigenvalue weighted by molar-refractivity contribution is -0.151. The number of amides is 3. The summed E-state index contributed by atoms with van der Waals surface area (Å²) in [6.07, 6.45) is 1.78. The first kappa shape index (κ1) is 18.1. The largest absolute Gasteiger partial charge is 0.394 e. The fourth-order valence-corrected chi connectivity index (χ4v) is 4.67. The predicted molar refractivity (Wildman–Crippen MR) is 106 cm³/mol. The number of benzene rings is 2. The third-order valence-electron chi connectivity index (χ3n) is 6.23. The van der Waals surface area contributed by atoms with Crippen LogP contribution in [-0.4, -0.2) is 47.2 Å². The Morgan fingerprint density at radius 3 is 2.55 bits per heavy atom. The van der Waals surface area contributed by atoms with Gasteiger partial charge in [0.05, 0.1) is 24.4 Å². The Morgan fingerprint density at radius 2 is 1.83 bits per heavy atom. The van der Waals surface area contributed by atoms with Crippen LogP contribution in [0.5, 0.6) is 0 Å². The molecule has 6 nitrogen and oxygen atoms in total. The van der Waals surface area contributed by atoms with Crippen LogP contribution in [0.2, 0.25) is 0 Å². The molecule has 0 spiro atoms. The number of urea groups is 1. The second-order valence-electron chi connectivity index (χ2n) is 7.94. The first-order chi connectivity index (χ1) is 14.1. The molecule has 0 aromatic heterocycles. The molecule has 0 unspecified atom stereocenters. The average Bonchev–Trinajstić information content (AvgIpc) is 3.55. The molecule has 3 amide bonds.